The number of rotatable bonds is 6. The maximum absolute atomic E-state index is 5.63. The largest absolute Gasteiger partial charge is 0.383 e. The highest BCUT2D eigenvalue weighted by molar-refractivity contribution is 6.18. The molecule has 0 bridgehead atoms. The first kappa shape index (κ1) is 20.2. The second kappa shape index (κ2) is 10.7. The van der Waals surface area contributed by atoms with Gasteiger partial charge in [-0.3, -0.25) is 0 Å². The van der Waals surface area contributed by atoms with Gasteiger partial charge in [0.15, 0.2) is 0 Å². The maximum atomic E-state index is 5.63. The van der Waals surface area contributed by atoms with Crippen molar-refractivity contribution in [3.8, 4) is 0 Å². The second-order valence-corrected chi connectivity index (χ2v) is 4.57. The fourth-order valence-corrected chi connectivity index (χ4v) is 1.83. The Hall–Kier alpha value is -0.150. The molecule has 0 saturated heterocycles. The van der Waals surface area contributed by atoms with Gasteiger partial charge < -0.3 is 10.6 Å². The summed E-state index contributed by atoms with van der Waals surface area (Å²) in [6, 6.07) is 6.78. The van der Waals surface area contributed by atoms with Crippen molar-refractivity contribution in [2.45, 2.75) is 26.8 Å². The lowest BCUT2D eigenvalue weighted by Crippen LogP contribution is -2.34. The number of hydrogen-bond donors (Lipinski definition) is 2. The molecule has 0 aliphatic heterocycles. The van der Waals surface area contributed by atoms with Gasteiger partial charge in [-0.05, 0) is 31.9 Å². The number of para-hydroxylation sites is 1. The molecular formula is C13H23Cl3N2. The molecule has 2 nitrogen and oxygen atoms in total. The van der Waals surface area contributed by atoms with Crippen LogP contribution in [0.4, 0.5) is 5.69 Å². The smallest absolute Gasteiger partial charge is 0.0400 e. The van der Waals surface area contributed by atoms with Gasteiger partial charge >= 0.3 is 0 Å². The number of halogens is 3. The minimum absolute atomic E-state index is 0. The zero-order valence-corrected chi connectivity index (χ0v) is 13.5. The molecule has 1 aromatic rings. The van der Waals surface area contributed by atoms with Crippen molar-refractivity contribution in [2.24, 2.45) is 0 Å². The molecule has 0 aromatic heterocycles. The van der Waals surface area contributed by atoms with Crippen molar-refractivity contribution in [2.75, 3.05) is 24.3 Å². The molecule has 0 aliphatic rings. The quantitative estimate of drug-likeness (QED) is 0.781. The topological polar surface area (TPSA) is 24.1 Å². The lowest BCUT2D eigenvalue weighted by Gasteiger charge is -2.17. The van der Waals surface area contributed by atoms with E-state index in [1.54, 1.807) is 0 Å². The third kappa shape index (κ3) is 6.69. The van der Waals surface area contributed by atoms with E-state index in [-0.39, 0.29) is 24.8 Å². The van der Waals surface area contributed by atoms with E-state index in [9.17, 15) is 0 Å². The van der Waals surface area contributed by atoms with E-state index in [0.717, 1.165) is 13.1 Å². The molecule has 0 amide bonds. The molecular weight excluding hydrogens is 291 g/mol. The highest BCUT2D eigenvalue weighted by Crippen LogP contribution is 2.18. The summed E-state index contributed by atoms with van der Waals surface area (Å²) < 4.78 is 0. The van der Waals surface area contributed by atoms with E-state index >= 15 is 0 Å². The minimum atomic E-state index is 0. The van der Waals surface area contributed by atoms with E-state index in [0.29, 0.717) is 11.9 Å². The Balaban J connectivity index is 0. The van der Waals surface area contributed by atoms with Crippen molar-refractivity contribution in [3.63, 3.8) is 0 Å². The molecule has 0 spiro atoms. The number of aryl methyl sites for hydroxylation is 2. The Morgan fingerprint density at radius 1 is 1.17 bits per heavy atom. The molecule has 0 fully saturated rings. The normalized spacial score (nSPS) is 11.1. The Bertz CT molecular complexity index is 312. The summed E-state index contributed by atoms with van der Waals surface area (Å²) in [5, 5.41) is 6.83. The predicted molar refractivity (Wildman–Crippen MR) is 87.1 cm³/mol. The molecule has 18 heavy (non-hydrogen) atoms. The van der Waals surface area contributed by atoms with Crippen LogP contribution in [-0.2, 0) is 0 Å². The number of alkyl halides is 1. The van der Waals surface area contributed by atoms with E-state index in [1.807, 2.05) is 0 Å². The molecule has 1 atom stereocenters. The van der Waals surface area contributed by atoms with Crippen molar-refractivity contribution < 1.29 is 0 Å². The second-order valence-electron chi connectivity index (χ2n) is 4.19. The zero-order chi connectivity index (χ0) is 12.0. The van der Waals surface area contributed by atoms with Gasteiger partial charge in [0.1, 0.15) is 0 Å². The van der Waals surface area contributed by atoms with Crippen LogP contribution in [0.1, 0.15) is 18.1 Å². The van der Waals surface area contributed by atoms with Crippen LogP contribution in [0.5, 0.6) is 0 Å². The van der Waals surface area contributed by atoms with Gasteiger partial charge in [-0.1, -0.05) is 18.2 Å². The summed E-state index contributed by atoms with van der Waals surface area (Å²) in [7, 11) is 0. The molecule has 0 radical (unpaired) electrons. The van der Waals surface area contributed by atoms with Crippen LogP contribution in [0.15, 0.2) is 18.2 Å². The average Bonchev–Trinajstić information content (AvgIpc) is 2.25. The summed E-state index contributed by atoms with van der Waals surface area (Å²) in [6.07, 6.45) is 0. The molecule has 0 aliphatic carbocycles. The van der Waals surface area contributed by atoms with E-state index in [2.05, 4.69) is 49.6 Å². The van der Waals surface area contributed by atoms with Crippen LogP contribution in [0.2, 0.25) is 0 Å². The zero-order valence-electron chi connectivity index (χ0n) is 11.1. The van der Waals surface area contributed by atoms with Crippen LogP contribution >= 0.6 is 36.4 Å². The van der Waals surface area contributed by atoms with Gasteiger partial charge in [-0.2, -0.15) is 0 Å². The average molecular weight is 314 g/mol. The lowest BCUT2D eigenvalue weighted by atomic mass is 10.1. The molecule has 0 heterocycles. The maximum Gasteiger partial charge on any atom is 0.0400 e. The van der Waals surface area contributed by atoms with E-state index < -0.39 is 0 Å². The van der Waals surface area contributed by atoms with Crippen LogP contribution in [0, 0.1) is 13.8 Å². The van der Waals surface area contributed by atoms with E-state index in [4.69, 9.17) is 11.6 Å². The van der Waals surface area contributed by atoms with Gasteiger partial charge in [0, 0.05) is 30.7 Å². The van der Waals surface area contributed by atoms with Gasteiger partial charge in [-0.15, -0.1) is 36.4 Å². The number of nitrogens with one attached hydrogen (secondary N) is 2. The van der Waals surface area contributed by atoms with Crippen LogP contribution in [-0.4, -0.2) is 25.0 Å². The van der Waals surface area contributed by atoms with Crippen LogP contribution in [0.25, 0.3) is 0 Å². The van der Waals surface area contributed by atoms with Gasteiger partial charge in [0.05, 0.1) is 0 Å². The molecule has 2 N–H and O–H groups in total. The first-order valence-electron chi connectivity index (χ1n) is 5.74. The summed E-state index contributed by atoms with van der Waals surface area (Å²) >= 11 is 5.63. The lowest BCUT2D eigenvalue weighted by molar-refractivity contribution is 0.591. The Morgan fingerprint density at radius 2 is 1.72 bits per heavy atom. The fourth-order valence-electron chi connectivity index (χ4n) is 1.72. The Kier molecular flexibility index (Phi) is 12.0. The Morgan fingerprint density at radius 3 is 2.22 bits per heavy atom. The van der Waals surface area contributed by atoms with E-state index in [1.165, 1.54) is 16.8 Å². The summed E-state index contributed by atoms with van der Waals surface area (Å²) in [4.78, 5) is 0. The fraction of sp³-hybridized carbons (Fsp3) is 0.538. The van der Waals surface area contributed by atoms with Gasteiger partial charge in [-0.25, -0.2) is 0 Å². The molecule has 5 heteroatoms. The Labute approximate surface area is 128 Å². The molecule has 106 valence electrons. The standard InChI is InChI=1S/C13H21ClN2.2ClH/c1-10-5-4-6-11(2)13(10)16-9-12(3)15-8-7-14;;/h4-6,12,15-16H,7-9H2,1-3H3;2*1H. The first-order chi connectivity index (χ1) is 7.65. The summed E-state index contributed by atoms with van der Waals surface area (Å²) in [5.41, 5.74) is 3.84. The molecule has 1 rings (SSSR count). The third-order valence-corrected chi connectivity index (χ3v) is 2.84. The van der Waals surface area contributed by atoms with Crippen molar-refractivity contribution >= 4 is 42.1 Å². The predicted octanol–water partition coefficient (Wildman–Crippen LogP) is 3.78. The van der Waals surface area contributed by atoms with Crippen molar-refractivity contribution in [1.29, 1.82) is 0 Å². The van der Waals surface area contributed by atoms with Crippen molar-refractivity contribution in [3.05, 3.63) is 29.3 Å². The molecule has 1 aromatic carbocycles. The van der Waals surface area contributed by atoms with Crippen molar-refractivity contribution in [1.82, 2.24) is 5.32 Å². The SMILES string of the molecule is Cc1cccc(C)c1NCC(C)NCCCl.Cl.Cl. The minimum Gasteiger partial charge on any atom is -0.383 e. The number of anilines is 1. The monoisotopic (exact) mass is 312 g/mol. The first-order valence-corrected chi connectivity index (χ1v) is 6.28. The molecule has 0 saturated carbocycles. The van der Waals surface area contributed by atoms with Crippen LogP contribution < -0.4 is 10.6 Å². The van der Waals surface area contributed by atoms with Gasteiger partial charge in [0.25, 0.3) is 0 Å². The summed E-state index contributed by atoms with van der Waals surface area (Å²) in [6.45, 7) is 8.20. The highest BCUT2D eigenvalue weighted by Gasteiger charge is 2.04. The number of hydrogen-bond acceptors (Lipinski definition) is 2. The number of benzene rings is 1. The summed E-state index contributed by atoms with van der Waals surface area (Å²) in [5.74, 6) is 0.660. The van der Waals surface area contributed by atoms with Crippen LogP contribution in [0.3, 0.4) is 0 Å². The highest BCUT2D eigenvalue weighted by atomic mass is 35.5. The molecule has 1 unspecified atom stereocenters. The van der Waals surface area contributed by atoms with Gasteiger partial charge in [0.2, 0.25) is 0 Å². The third-order valence-electron chi connectivity index (χ3n) is 2.65.